The molecule has 1 aliphatic heterocycles. The minimum atomic E-state index is -1.07. The van der Waals surface area contributed by atoms with E-state index in [9.17, 15) is 35.0 Å². The third-order valence-electron chi connectivity index (χ3n) is 6.41. The Balaban J connectivity index is 1.70. The van der Waals surface area contributed by atoms with Gasteiger partial charge in [0, 0.05) is 30.9 Å². The number of aliphatic hydroxyl groups excluding tert-OH is 1. The Morgan fingerprint density at radius 1 is 1.15 bits per heavy atom. The zero-order valence-corrected chi connectivity index (χ0v) is 22.3. The highest BCUT2D eigenvalue weighted by atomic mass is 16.4. The van der Waals surface area contributed by atoms with E-state index in [1.54, 1.807) is 18.2 Å². The van der Waals surface area contributed by atoms with Crippen molar-refractivity contribution < 1.29 is 29.7 Å². The molecular weight excluding hydrogens is 500 g/mol. The first kappa shape index (κ1) is 29.3. The topological polar surface area (TPSA) is 172 Å². The summed E-state index contributed by atoms with van der Waals surface area (Å²) in [5.41, 5.74) is 2.34. The fourth-order valence-corrected chi connectivity index (χ4v) is 4.32. The molecule has 5 N–H and O–H groups in total. The predicted octanol–water partition coefficient (Wildman–Crippen LogP) is 2.41. The molecular formula is C29H34N4O6. The number of hydrogen-bond acceptors (Lipinski definition) is 8. The molecule has 3 rings (SSSR count). The number of rotatable bonds is 10. The van der Waals surface area contributed by atoms with E-state index < -0.39 is 23.9 Å². The van der Waals surface area contributed by atoms with Gasteiger partial charge in [-0.2, -0.15) is 5.26 Å². The highest BCUT2D eigenvalue weighted by Gasteiger charge is 2.24. The lowest BCUT2D eigenvalue weighted by Gasteiger charge is -2.23. The standard InChI is InChI=1S/C29H34N4O6/c1-29(2,3)22-6-18(13-30)5-19(9-22)20(12-27(37)38)10-24(35)14-33-28(39)21-4-17(7-23(34)11-21)8-26-31-15-25(36)16-32-26/h4-7,9,11,20,25,34,36H,8,10,12,14-16H2,1-3H3,(H,31,32)(H,33,39)(H,37,38)/t20-/m0/s1. The third-order valence-corrected chi connectivity index (χ3v) is 6.41. The van der Waals surface area contributed by atoms with Crippen LogP contribution in [0.4, 0.5) is 0 Å². The first-order chi connectivity index (χ1) is 18.3. The molecule has 0 aromatic heterocycles. The summed E-state index contributed by atoms with van der Waals surface area (Å²) >= 11 is 0. The number of nitriles is 1. The average Bonchev–Trinajstić information content (AvgIpc) is 2.86. The van der Waals surface area contributed by atoms with E-state index in [2.05, 4.69) is 21.7 Å². The van der Waals surface area contributed by atoms with Gasteiger partial charge in [-0.25, -0.2) is 0 Å². The second kappa shape index (κ2) is 12.5. The van der Waals surface area contributed by atoms with E-state index in [1.165, 1.54) is 12.1 Å². The van der Waals surface area contributed by atoms with Crippen molar-refractivity contribution in [1.82, 2.24) is 10.6 Å². The molecule has 10 heteroatoms. The number of hydrogen-bond donors (Lipinski definition) is 5. The summed E-state index contributed by atoms with van der Waals surface area (Å²) in [4.78, 5) is 41.4. The van der Waals surface area contributed by atoms with Crippen molar-refractivity contribution in [3.8, 4) is 11.8 Å². The number of nitrogens with zero attached hydrogens (tertiary/aromatic N) is 2. The van der Waals surface area contributed by atoms with Crippen molar-refractivity contribution in [2.75, 3.05) is 19.6 Å². The van der Waals surface area contributed by atoms with Crippen LogP contribution in [0.25, 0.3) is 0 Å². The molecule has 10 nitrogen and oxygen atoms in total. The largest absolute Gasteiger partial charge is 0.508 e. The van der Waals surface area contributed by atoms with Crippen molar-refractivity contribution in [1.29, 1.82) is 5.26 Å². The highest BCUT2D eigenvalue weighted by molar-refractivity contribution is 5.97. The number of benzene rings is 2. The van der Waals surface area contributed by atoms with Crippen LogP contribution < -0.4 is 10.6 Å². The van der Waals surface area contributed by atoms with E-state index in [0.717, 1.165) is 5.56 Å². The molecule has 0 spiro atoms. The summed E-state index contributed by atoms with van der Waals surface area (Å²) < 4.78 is 0. The van der Waals surface area contributed by atoms with Crippen LogP contribution in [0.1, 0.15) is 72.1 Å². The summed E-state index contributed by atoms with van der Waals surface area (Å²) in [5.74, 6) is -2.16. The Bertz CT molecular complexity index is 1320. The quantitative estimate of drug-likeness (QED) is 0.309. The van der Waals surface area contributed by atoms with Crippen LogP contribution in [0.15, 0.2) is 41.4 Å². The number of aliphatic hydroxyl groups is 1. The molecule has 2 aromatic rings. The molecule has 39 heavy (non-hydrogen) atoms. The number of phenols is 1. The van der Waals surface area contributed by atoms with E-state index in [0.29, 0.717) is 35.5 Å². The number of aromatic hydroxyl groups is 1. The van der Waals surface area contributed by atoms with Crippen LogP contribution in [0.3, 0.4) is 0 Å². The normalized spacial score (nSPS) is 15.9. The molecule has 0 bridgehead atoms. The Kier molecular flexibility index (Phi) is 9.43. The van der Waals surface area contributed by atoms with Gasteiger partial charge in [0.25, 0.3) is 5.91 Å². The van der Waals surface area contributed by atoms with Gasteiger partial charge >= 0.3 is 5.97 Å². The molecule has 206 valence electrons. The van der Waals surface area contributed by atoms with Gasteiger partial charge in [0.15, 0.2) is 5.78 Å². The lowest BCUT2D eigenvalue weighted by molar-refractivity contribution is -0.137. The van der Waals surface area contributed by atoms with Crippen LogP contribution in [-0.2, 0) is 21.4 Å². The third kappa shape index (κ3) is 8.65. The number of phenolic OH excluding ortho intramolecular Hbond substituents is 1. The molecule has 0 saturated carbocycles. The van der Waals surface area contributed by atoms with E-state index in [4.69, 9.17) is 0 Å². The van der Waals surface area contributed by atoms with Crippen molar-refractivity contribution in [2.24, 2.45) is 4.99 Å². The molecule has 0 fully saturated rings. The van der Waals surface area contributed by atoms with Gasteiger partial charge in [-0.15, -0.1) is 0 Å². The zero-order valence-electron chi connectivity index (χ0n) is 22.3. The Morgan fingerprint density at radius 3 is 2.51 bits per heavy atom. The van der Waals surface area contributed by atoms with Gasteiger partial charge in [0.1, 0.15) is 11.6 Å². The van der Waals surface area contributed by atoms with Crippen molar-refractivity contribution in [3.63, 3.8) is 0 Å². The van der Waals surface area contributed by atoms with Gasteiger partial charge in [-0.3, -0.25) is 19.4 Å². The Morgan fingerprint density at radius 2 is 1.90 bits per heavy atom. The van der Waals surface area contributed by atoms with Crippen molar-refractivity contribution in [2.45, 2.75) is 57.5 Å². The minimum Gasteiger partial charge on any atom is -0.508 e. The first-order valence-corrected chi connectivity index (χ1v) is 12.7. The van der Waals surface area contributed by atoms with Crippen LogP contribution in [0.5, 0.6) is 5.75 Å². The fourth-order valence-electron chi connectivity index (χ4n) is 4.32. The summed E-state index contributed by atoms with van der Waals surface area (Å²) in [5, 5.41) is 44.2. The van der Waals surface area contributed by atoms with Gasteiger partial charge in [-0.1, -0.05) is 26.8 Å². The molecule has 1 aliphatic rings. The summed E-state index contributed by atoms with van der Waals surface area (Å²) in [6.07, 6.45) is -0.658. The van der Waals surface area contributed by atoms with Gasteiger partial charge in [0.2, 0.25) is 0 Å². The number of β-amino-alcohol motifs (C(OH)–C–C–N with tert-alkyl or cyclic N) is 1. The number of aliphatic carboxylic acids is 1. The molecule has 1 heterocycles. The number of amidine groups is 1. The van der Waals surface area contributed by atoms with Crippen LogP contribution in [0, 0.1) is 11.3 Å². The molecule has 2 aromatic carbocycles. The van der Waals surface area contributed by atoms with Crippen LogP contribution in [0.2, 0.25) is 0 Å². The molecule has 1 amide bonds. The SMILES string of the molecule is CC(C)(C)c1cc(C#N)cc([C@H](CC(=O)O)CC(=O)CNC(=O)c2cc(O)cc(CC3=NCC(O)CN3)c2)c1. The molecule has 2 atom stereocenters. The minimum absolute atomic E-state index is 0.117. The number of carboxylic acid groups (broad SMARTS) is 1. The molecule has 0 radical (unpaired) electrons. The van der Waals surface area contributed by atoms with E-state index >= 15 is 0 Å². The fraction of sp³-hybridized carbons (Fsp3) is 0.414. The number of carbonyl (C=O) groups is 3. The number of carboxylic acids is 1. The van der Waals surface area contributed by atoms with E-state index in [1.807, 2.05) is 26.8 Å². The average molecular weight is 535 g/mol. The summed E-state index contributed by atoms with van der Waals surface area (Å²) in [7, 11) is 0. The second-order valence-corrected chi connectivity index (χ2v) is 10.8. The number of aliphatic imine (C=N–C) groups is 1. The maximum atomic E-state index is 12.8. The van der Waals surface area contributed by atoms with Crippen molar-refractivity contribution in [3.05, 3.63) is 64.2 Å². The molecule has 1 unspecified atom stereocenters. The van der Waals surface area contributed by atoms with Gasteiger partial charge < -0.3 is 26.0 Å². The number of Topliss-reactive ketones (excluding diaryl/α,β-unsaturated/α-hetero) is 1. The monoisotopic (exact) mass is 534 g/mol. The zero-order chi connectivity index (χ0) is 28.7. The second-order valence-electron chi connectivity index (χ2n) is 10.8. The number of amides is 1. The highest BCUT2D eigenvalue weighted by Crippen LogP contribution is 2.31. The van der Waals surface area contributed by atoms with Crippen LogP contribution in [-0.4, -0.2) is 64.6 Å². The van der Waals surface area contributed by atoms with Crippen LogP contribution >= 0.6 is 0 Å². The lowest BCUT2D eigenvalue weighted by atomic mass is 9.81. The first-order valence-electron chi connectivity index (χ1n) is 12.7. The van der Waals surface area contributed by atoms with Gasteiger partial charge in [-0.05, 0) is 52.4 Å². The maximum absolute atomic E-state index is 12.8. The summed E-state index contributed by atoms with van der Waals surface area (Å²) in [6, 6.07) is 11.7. The van der Waals surface area contributed by atoms with Gasteiger partial charge in [0.05, 0.1) is 37.2 Å². The Labute approximate surface area is 227 Å². The predicted molar refractivity (Wildman–Crippen MR) is 145 cm³/mol. The smallest absolute Gasteiger partial charge is 0.303 e. The summed E-state index contributed by atoms with van der Waals surface area (Å²) in [6.45, 7) is 6.27. The molecule has 0 aliphatic carbocycles. The van der Waals surface area contributed by atoms with E-state index in [-0.39, 0.29) is 48.4 Å². The lowest BCUT2D eigenvalue weighted by Crippen LogP contribution is -2.39. The number of carbonyl (C=O) groups excluding carboxylic acids is 2. The van der Waals surface area contributed by atoms with Crippen molar-refractivity contribution >= 4 is 23.5 Å². The number of ketones is 1. The number of nitrogens with one attached hydrogen (secondary N) is 2. The Hall–Kier alpha value is -4.23. The maximum Gasteiger partial charge on any atom is 0.303 e. The molecule has 0 saturated heterocycles.